The molecule has 1 aromatic carbocycles. The van der Waals surface area contributed by atoms with Gasteiger partial charge in [-0.3, -0.25) is 5.32 Å². The van der Waals surface area contributed by atoms with E-state index in [4.69, 9.17) is 26.8 Å². The molecule has 1 aliphatic rings. The van der Waals surface area contributed by atoms with Crippen LogP contribution in [-0.2, 0) is 11.2 Å². The smallest absolute Gasteiger partial charge is 0.419 e. The summed E-state index contributed by atoms with van der Waals surface area (Å²) < 4.78 is 10.1. The van der Waals surface area contributed by atoms with Gasteiger partial charge in [-0.15, -0.1) is 0 Å². The second-order valence-corrected chi connectivity index (χ2v) is 5.80. The Labute approximate surface area is 149 Å². The molecule has 0 fully saturated rings. The number of halogens is 1. The molecule has 0 bridgehead atoms. The highest BCUT2D eigenvalue weighted by atomic mass is 35.5. The van der Waals surface area contributed by atoms with Gasteiger partial charge in [-0.05, 0) is 30.5 Å². The van der Waals surface area contributed by atoms with E-state index in [0.29, 0.717) is 17.3 Å². The molecule has 9 heteroatoms. The average molecular weight is 362 g/mol. The SMILES string of the molecule is NC1=N[C@@H](CCc2ccc(NC(=O)Oc3ncc(Cl)cn3)cc2)CO1. The number of aromatic nitrogens is 2. The van der Waals surface area contributed by atoms with Gasteiger partial charge in [-0.1, -0.05) is 23.7 Å². The fraction of sp³-hybridized carbons (Fsp3) is 0.250. The quantitative estimate of drug-likeness (QED) is 0.845. The van der Waals surface area contributed by atoms with Crippen LogP contribution in [0.25, 0.3) is 0 Å². The molecule has 8 nitrogen and oxygen atoms in total. The molecular formula is C16H16ClN5O3. The number of nitrogens with two attached hydrogens (primary N) is 1. The van der Waals surface area contributed by atoms with Crippen LogP contribution in [0.3, 0.4) is 0 Å². The van der Waals surface area contributed by atoms with Gasteiger partial charge in [-0.2, -0.15) is 0 Å². The average Bonchev–Trinajstić information content (AvgIpc) is 3.02. The lowest BCUT2D eigenvalue weighted by atomic mass is 10.1. The molecule has 2 aromatic rings. The van der Waals surface area contributed by atoms with E-state index in [1.54, 1.807) is 12.1 Å². The zero-order valence-corrected chi connectivity index (χ0v) is 13.9. The summed E-state index contributed by atoms with van der Waals surface area (Å²) in [5.74, 6) is 0. The number of rotatable bonds is 5. The van der Waals surface area contributed by atoms with E-state index in [0.717, 1.165) is 18.4 Å². The number of carbonyl (C=O) groups excluding carboxylic acids is 1. The number of hydrogen-bond donors (Lipinski definition) is 2. The lowest BCUT2D eigenvalue weighted by Gasteiger charge is -2.07. The first-order valence-corrected chi connectivity index (χ1v) is 7.97. The summed E-state index contributed by atoms with van der Waals surface area (Å²) in [6, 6.07) is 7.73. The normalized spacial score (nSPS) is 16.0. The minimum Gasteiger partial charge on any atom is -0.463 e. The largest absolute Gasteiger partial charge is 0.463 e. The van der Waals surface area contributed by atoms with E-state index in [2.05, 4.69) is 20.3 Å². The van der Waals surface area contributed by atoms with Crippen molar-refractivity contribution in [3.8, 4) is 6.01 Å². The number of aryl methyl sites for hydroxylation is 1. The van der Waals surface area contributed by atoms with Gasteiger partial charge in [0.15, 0.2) is 0 Å². The van der Waals surface area contributed by atoms with Crippen LogP contribution >= 0.6 is 11.6 Å². The maximum atomic E-state index is 11.8. The Morgan fingerprint density at radius 3 is 2.68 bits per heavy atom. The third-order valence-electron chi connectivity index (χ3n) is 3.48. The van der Waals surface area contributed by atoms with Crippen molar-refractivity contribution in [3.63, 3.8) is 0 Å². The molecule has 3 rings (SSSR count). The molecule has 25 heavy (non-hydrogen) atoms. The van der Waals surface area contributed by atoms with Crippen LogP contribution in [0.1, 0.15) is 12.0 Å². The number of amides is 1. The Hall–Kier alpha value is -2.87. The number of aliphatic imine (C=N–C) groups is 1. The summed E-state index contributed by atoms with van der Waals surface area (Å²) in [4.78, 5) is 23.6. The zero-order chi connectivity index (χ0) is 17.6. The lowest BCUT2D eigenvalue weighted by molar-refractivity contribution is 0.211. The van der Waals surface area contributed by atoms with Crippen LogP contribution in [0.2, 0.25) is 5.02 Å². The minimum atomic E-state index is -0.678. The zero-order valence-electron chi connectivity index (χ0n) is 13.2. The number of anilines is 1. The van der Waals surface area contributed by atoms with Crippen molar-refractivity contribution in [3.05, 3.63) is 47.2 Å². The first-order chi connectivity index (χ1) is 12.1. The topological polar surface area (TPSA) is 112 Å². The van der Waals surface area contributed by atoms with Gasteiger partial charge in [-0.25, -0.2) is 19.8 Å². The lowest BCUT2D eigenvalue weighted by Crippen LogP contribution is -2.17. The molecular weight excluding hydrogens is 346 g/mol. The third kappa shape index (κ3) is 5.05. The highest BCUT2D eigenvalue weighted by molar-refractivity contribution is 6.30. The van der Waals surface area contributed by atoms with Crippen molar-refractivity contribution in [1.29, 1.82) is 0 Å². The molecule has 0 radical (unpaired) electrons. The summed E-state index contributed by atoms with van der Waals surface area (Å²) in [7, 11) is 0. The number of carbonyl (C=O) groups is 1. The van der Waals surface area contributed by atoms with E-state index in [-0.39, 0.29) is 18.1 Å². The Balaban J connectivity index is 1.48. The van der Waals surface area contributed by atoms with Gasteiger partial charge in [0.25, 0.3) is 6.02 Å². The van der Waals surface area contributed by atoms with E-state index in [1.165, 1.54) is 12.4 Å². The molecule has 1 amide bonds. The predicted octanol–water partition coefficient (Wildman–Crippen LogP) is 2.39. The molecule has 0 spiro atoms. The molecule has 0 saturated heterocycles. The van der Waals surface area contributed by atoms with Crippen LogP contribution in [0, 0.1) is 0 Å². The maximum Gasteiger partial charge on any atom is 0.419 e. The summed E-state index contributed by atoms with van der Waals surface area (Å²) in [6.07, 6.45) is 3.71. The van der Waals surface area contributed by atoms with Crippen LogP contribution in [-0.4, -0.2) is 34.7 Å². The molecule has 0 unspecified atom stereocenters. The number of nitrogens with one attached hydrogen (secondary N) is 1. The summed E-state index contributed by atoms with van der Waals surface area (Å²) >= 11 is 5.67. The summed E-state index contributed by atoms with van der Waals surface area (Å²) in [6.45, 7) is 0.532. The molecule has 1 atom stereocenters. The number of benzene rings is 1. The highest BCUT2D eigenvalue weighted by Gasteiger charge is 2.16. The fourth-order valence-corrected chi connectivity index (χ4v) is 2.35. The first-order valence-electron chi connectivity index (χ1n) is 7.60. The van der Waals surface area contributed by atoms with Crippen molar-refractivity contribution < 1.29 is 14.3 Å². The molecule has 1 aromatic heterocycles. The molecule has 0 saturated carbocycles. The molecule has 0 aliphatic carbocycles. The standard InChI is InChI=1S/C16H16ClN5O3/c17-11-7-19-15(20-8-11)25-16(23)22-12-4-1-10(2-5-12)3-6-13-9-24-14(18)21-13/h1-2,4-5,7-8,13H,3,6,9H2,(H2,18,21)(H,22,23)/t13-/m0/s1. The Kier molecular flexibility index (Phi) is 5.30. The Morgan fingerprint density at radius 2 is 2.04 bits per heavy atom. The van der Waals surface area contributed by atoms with Gasteiger partial charge >= 0.3 is 12.1 Å². The van der Waals surface area contributed by atoms with Gasteiger partial charge in [0.1, 0.15) is 6.61 Å². The number of ether oxygens (including phenoxy) is 2. The highest BCUT2D eigenvalue weighted by Crippen LogP contribution is 2.15. The molecule has 130 valence electrons. The minimum absolute atomic E-state index is 0.0721. The Morgan fingerprint density at radius 1 is 1.32 bits per heavy atom. The molecule has 2 heterocycles. The fourth-order valence-electron chi connectivity index (χ4n) is 2.25. The van der Waals surface area contributed by atoms with Crippen molar-refractivity contribution in [1.82, 2.24) is 9.97 Å². The van der Waals surface area contributed by atoms with Crippen molar-refractivity contribution in [2.24, 2.45) is 10.7 Å². The first kappa shape index (κ1) is 17.0. The summed E-state index contributed by atoms with van der Waals surface area (Å²) in [5.41, 5.74) is 7.21. The van der Waals surface area contributed by atoms with E-state index >= 15 is 0 Å². The molecule has 1 aliphatic heterocycles. The van der Waals surface area contributed by atoms with Crippen molar-refractivity contribution >= 4 is 29.4 Å². The van der Waals surface area contributed by atoms with Crippen LogP contribution in [0.15, 0.2) is 41.7 Å². The van der Waals surface area contributed by atoms with Crippen LogP contribution in [0.5, 0.6) is 6.01 Å². The van der Waals surface area contributed by atoms with E-state index in [1.807, 2.05) is 12.1 Å². The van der Waals surface area contributed by atoms with Crippen molar-refractivity contribution in [2.75, 3.05) is 11.9 Å². The van der Waals surface area contributed by atoms with Gasteiger partial charge in [0.2, 0.25) is 0 Å². The van der Waals surface area contributed by atoms with Crippen molar-refractivity contribution in [2.45, 2.75) is 18.9 Å². The second kappa shape index (κ2) is 7.80. The molecule has 3 N–H and O–H groups in total. The van der Waals surface area contributed by atoms with Gasteiger partial charge < -0.3 is 15.2 Å². The number of hydrogen-bond acceptors (Lipinski definition) is 7. The van der Waals surface area contributed by atoms with Crippen LogP contribution < -0.4 is 15.8 Å². The second-order valence-electron chi connectivity index (χ2n) is 5.37. The van der Waals surface area contributed by atoms with Crippen LogP contribution in [0.4, 0.5) is 10.5 Å². The Bertz CT molecular complexity index is 764. The number of amidine groups is 1. The van der Waals surface area contributed by atoms with E-state index in [9.17, 15) is 4.79 Å². The maximum absolute atomic E-state index is 11.8. The van der Waals surface area contributed by atoms with Gasteiger partial charge in [0, 0.05) is 5.69 Å². The van der Waals surface area contributed by atoms with Gasteiger partial charge in [0.05, 0.1) is 23.5 Å². The monoisotopic (exact) mass is 361 g/mol. The summed E-state index contributed by atoms with van der Waals surface area (Å²) in [5, 5.41) is 2.96. The van der Waals surface area contributed by atoms with E-state index < -0.39 is 6.09 Å². The number of nitrogens with zero attached hydrogens (tertiary/aromatic N) is 3. The third-order valence-corrected chi connectivity index (χ3v) is 3.68. The predicted molar refractivity (Wildman–Crippen MR) is 92.8 cm³/mol.